The fourth-order valence-corrected chi connectivity index (χ4v) is 10.7. The van der Waals surface area contributed by atoms with E-state index in [1.807, 2.05) is 27.7 Å². The van der Waals surface area contributed by atoms with Crippen LogP contribution in [0.1, 0.15) is 124 Å². The van der Waals surface area contributed by atoms with Crippen LogP contribution in [0, 0.1) is 34.5 Å². The SMILES string of the molecule is CC[C@@H]1[C@@H]2CN(C(=O)[C@H](C(C)(C)C)CC(=O)O[C@@H]3C[C@H]3CCCCC(F)(F)c3nc4ccc(OC)cc4nc3O2)[C@@H]1C(=O)CC1(C(=O)NS(=O)(=O)C2(C)CC2)C[C@H]1CC. The summed E-state index contributed by atoms with van der Waals surface area (Å²) in [6.45, 7) is 10.5. The Morgan fingerprint density at radius 2 is 1.75 bits per heavy atom. The zero-order chi connectivity index (χ0) is 42.9. The van der Waals surface area contributed by atoms with Crippen LogP contribution in [-0.2, 0) is 39.9 Å². The Morgan fingerprint density at radius 3 is 2.37 bits per heavy atom. The first-order chi connectivity index (χ1) is 27.7. The molecule has 7 rings (SSSR count). The Kier molecular flexibility index (Phi) is 11.3. The monoisotopic (exact) mass is 844 g/mol. The van der Waals surface area contributed by atoms with Crippen LogP contribution in [0.25, 0.3) is 11.0 Å². The molecular weight excluding hydrogens is 787 g/mol. The summed E-state index contributed by atoms with van der Waals surface area (Å²) in [6, 6.07) is 3.53. The van der Waals surface area contributed by atoms with Crippen molar-refractivity contribution in [3.05, 3.63) is 23.9 Å². The van der Waals surface area contributed by atoms with E-state index < -0.39 is 97.1 Å². The molecule has 1 aromatic heterocycles. The van der Waals surface area contributed by atoms with Crippen molar-refractivity contribution in [2.45, 2.75) is 148 Å². The number of carbonyl (C=O) groups is 4. The lowest BCUT2D eigenvalue weighted by Gasteiger charge is -2.35. The van der Waals surface area contributed by atoms with Crippen molar-refractivity contribution >= 4 is 44.6 Å². The van der Waals surface area contributed by atoms with Crippen LogP contribution in [0.2, 0.25) is 0 Å². The van der Waals surface area contributed by atoms with Gasteiger partial charge < -0.3 is 19.1 Å². The molecule has 2 aromatic rings. The van der Waals surface area contributed by atoms with Crippen molar-refractivity contribution < 1.29 is 50.6 Å². The third-order valence-corrected chi connectivity index (χ3v) is 16.0. The van der Waals surface area contributed by atoms with E-state index in [0.29, 0.717) is 44.3 Å². The van der Waals surface area contributed by atoms with Crippen LogP contribution >= 0.6 is 0 Å². The third kappa shape index (κ3) is 8.40. The molecule has 3 saturated carbocycles. The highest BCUT2D eigenvalue weighted by Gasteiger charge is 2.63. The van der Waals surface area contributed by atoms with Gasteiger partial charge in [-0.2, -0.15) is 8.78 Å². The Bertz CT molecular complexity index is 2120. The summed E-state index contributed by atoms with van der Waals surface area (Å²) in [7, 11) is -2.53. The highest BCUT2D eigenvalue weighted by atomic mass is 32.2. The van der Waals surface area contributed by atoms with Crippen LogP contribution in [0.3, 0.4) is 0 Å². The summed E-state index contributed by atoms with van der Waals surface area (Å²) in [5.74, 6) is -7.62. The predicted molar refractivity (Wildman–Crippen MR) is 213 cm³/mol. The van der Waals surface area contributed by atoms with Gasteiger partial charge in [-0.25, -0.2) is 18.4 Å². The number of alkyl halides is 2. The molecule has 2 bridgehead atoms. The lowest BCUT2D eigenvalue weighted by molar-refractivity contribution is -0.154. The van der Waals surface area contributed by atoms with Crippen LogP contribution in [-0.4, -0.2) is 83.5 Å². The molecule has 1 unspecified atom stereocenters. The maximum absolute atomic E-state index is 16.4. The van der Waals surface area contributed by atoms with Crippen molar-refractivity contribution in [3.63, 3.8) is 0 Å². The summed E-state index contributed by atoms with van der Waals surface area (Å²) >= 11 is 0. The second-order valence-electron chi connectivity index (χ2n) is 19.0. The third-order valence-electron chi connectivity index (χ3n) is 13.8. The molecule has 3 heterocycles. The van der Waals surface area contributed by atoms with Crippen LogP contribution in [0.5, 0.6) is 11.6 Å². The van der Waals surface area contributed by atoms with Crippen molar-refractivity contribution in [1.29, 1.82) is 0 Å². The van der Waals surface area contributed by atoms with Crippen LogP contribution in [0.15, 0.2) is 18.2 Å². The van der Waals surface area contributed by atoms with Gasteiger partial charge in [-0.1, -0.05) is 47.5 Å². The van der Waals surface area contributed by atoms with E-state index in [1.165, 1.54) is 12.0 Å². The van der Waals surface area contributed by atoms with Gasteiger partial charge in [0.2, 0.25) is 27.7 Å². The van der Waals surface area contributed by atoms with Gasteiger partial charge >= 0.3 is 5.97 Å². The molecule has 0 radical (unpaired) electrons. The first kappa shape index (κ1) is 43.1. The smallest absolute Gasteiger partial charge is 0.306 e. The highest BCUT2D eigenvalue weighted by molar-refractivity contribution is 7.91. The zero-order valence-electron chi connectivity index (χ0n) is 35.1. The molecule has 16 heteroatoms. The molecule has 324 valence electrons. The van der Waals surface area contributed by atoms with Crippen molar-refractivity contribution in [2.24, 2.45) is 34.5 Å². The number of Topliss-reactive ketones (excluding diaryl/α,β-unsaturated/α-hetero) is 1. The molecule has 4 fully saturated rings. The zero-order valence-corrected chi connectivity index (χ0v) is 36.0. The number of ether oxygens (including phenoxy) is 3. The van der Waals surface area contributed by atoms with Gasteiger partial charge in [-0.3, -0.25) is 23.9 Å². The van der Waals surface area contributed by atoms with E-state index in [9.17, 15) is 27.6 Å². The van der Waals surface area contributed by atoms with E-state index in [2.05, 4.69) is 14.7 Å². The fraction of sp³-hybridized carbons (Fsp3) is 0.721. The minimum atomic E-state index is -4.00. The molecule has 0 spiro atoms. The number of hydrogen-bond acceptors (Lipinski definition) is 11. The highest BCUT2D eigenvalue weighted by Crippen LogP contribution is 2.58. The molecule has 3 aliphatic carbocycles. The van der Waals surface area contributed by atoms with E-state index in [0.717, 1.165) is 0 Å². The largest absolute Gasteiger partial charge is 0.497 e. The summed E-state index contributed by atoms with van der Waals surface area (Å²) in [6.07, 6.45) is 1.30. The van der Waals surface area contributed by atoms with E-state index in [4.69, 9.17) is 14.2 Å². The first-order valence-corrected chi connectivity index (χ1v) is 22.7. The Hall–Kier alpha value is -3.95. The lowest BCUT2D eigenvalue weighted by Crippen LogP contribution is -2.50. The normalized spacial score (nSPS) is 31.7. The molecule has 8 atom stereocenters. The minimum Gasteiger partial charge on any atom is -0.497 e. The molecule has 59 heavy (non-hydrogen) atoms. The lowest BCUT2D eigenvalue weighted by atomic mass is 9.77. The Morgan fingerprint density at radius 1 is 1.02 bits per heavy atom. The average Bonchev–Trinajstić information content (AvgIpc) is 4.13. The number of carbonyl (C=O) groups excluding carboxylic acids is 4. The number of fused-ring (bicyclic) bond motifs is 5. The number of nitrogens with one attached hydrogen (secondary N) is 1. The first-order valence-electron chi connectivity index (χ1n) is 21.2. The number of amides is 2. The van der Waals surface area contributed by atoms with Crippen molar-refractivity contribution in [2.75, 3.05) is 13.7 Å². The van der Waals surface area contributed by atoms with Crippen LogP contribution < -0.4 is 14.2 Å². The second kappa shape index (κ2) is 15.5. The summed E-state index contributed by atoms with van der Waals surface area (Å²) < 4.78 is 78.1. The standard InChI is InChI=1S/C43H58F2N4O9S/c1-8-25-21-42(25,39(53)48-59(54,55)41(6)16-17-41)22-31(50)35-27(9-2)33-23-49(35)38(52)28(40(3,4)5)20-34(51)57-32-18-24(32)12-10-11-15-43(44,45)36-37(58-33)47-30-19-26(56-7)13-14-29(30)46-36/h13-14,19,24-25,27-28,32-33,35H,8-12,15-18,20-23H2,1-7H3,(H,48,53)/t24-,25-,27-,28-,32-,33+,35+,42?/m1/s1. The average molecular weight is 845 g/mol. The number of methoxy groups -OCH3 is 1. The quantitative estimate of drug-likeness (QED) is 0.268. The number of ketones is 1. The molecular formula is C43H58F2N4O9S. The van der Waals surface area contributed by atoms with Gasteiger partial charge in [0.1, 0.15) is 18.0 Å². The number of esters is 1. The van der Waals surface area contributed by atoms with E-state index in [-0.39, 0.29) is 67.6 Å². The minimum absolute atomic E-state index is 0.0391. The van der Waals surface area contributed by atoms with Gasteiger partial charge in [0.15, 0.2) is 11.5 Å². The number of halogens is 2. The predicted octanol–water partition coefficient (Wildman–Crippen LogP) is 6.65. The summed E-state index contributed by atoms with van der Waals surface area (Å²) in [5.41, 5.74) is -2.26. The Balaban J connectivity index is 1.29. The molecule has 5 aliphatic rings. The molecule has 2 aliphatic heterocycles. The molecule has 13 nitrogen and oxygen atoms in total. The van der Waals surface area contributed by atoms with Crippen molar-refractivity contribution in [3.8, 4) is 11.6 Å². The summed E-state index contributed by atoms with van der Waals surface area (Å²) in [5, 5.41) is 0. The van der Waals surface area contributed by atoms with Crippen LogP contribution in [0.4, 0.5) is 8.78 Å². The van der Waals surface area contributed by atoms with Gasteiger partial charge in [-0.15, -0.1) is 0 Å². The van der Waals surface area contributed by atoms with Gasteiger partial charge in [0, 0.05) is 24.8 Å². The number of nitrogens with zero attached hydrogens (tertiary/aromatic N) is 3. The number of benzene rings is 1. The van der Waals surface area contributed by atoms with Gasteiger partial charge in [-0.05, 0) is 81.3 Å². The Labute approximate surface area is 345 Å². The number of rotatable bonds is 9. The molecule has 1 aromatic carbocycles. The second-order valence-corrected chi connectivity index (χ2v) is 21.2. The number of sulfonamides is 1. The number of aromatic nitrogens is 2. The topological polar surface area (TPSA) is 171 Å². The molecule has 1 N–H and O–H groups in total. The maximum Gasteiger partial charge on any atom is 0.306 e. The molecule has 1 saturated heterocycles. The fourth-order valence-electron chi connectivity index (χ4n) is 9.32. The molecule has 2 amide bonds. The number of hydrogen-bond donors (Lipinski definition) is 1. The maximum atomic E-state index is 16.4. The van der Waals surface area contributed by atoms with Gasteiger partial charge in [0.05, 0.1) is 53.2 Å². The van der Waals surface area contributed by atoms with Gasteiger partial charge in [0.25, 0.3) is 5.92 Å². The summed E-state index contributed by atoms with van der Waals surface area (Å²) in [4.78, 5) is 67.7. The van der Waals surface area contributed by atoms with E-state index >= 15 is 8.78 Å². The van der Waals surface area contributed by atoms with E-state index in [1.54, 1.807) is 32.0 Å². The van der Waals surface area contributed by atoms with Crippen molar-refractivity contribution in [1.82, 2.24) is 19.6 Å².